The molecule has 1 N–H and O–H groups in total. The van der Waals surface area contributed by atoms with Gasteiger partial charge < -0.3 is 5.32 Å². The van der Waals surface area contributed by atoms with Gasteiger partial charge in [-0.25, -0.2) is 0 Å². The average Bonchev–Trinajstić information content (AvgIpc) is 2.83. The van der Waals surface area contributed by atoms with E-state index in [1.165, 1.54) is 0 Å². The molecule has 1 saturated heterocycles. The summed E-state index contributed by atoms with van der Waals surface area (Å²) in [6.45, 7) is 9.03. The predicted octanol–water partition coefficient (Wildman–Crippen LogP) is 3.12. The van der Waals surface area contributed by atoms with Crippen LogP contribution in [0.15, 0.2) is 4.47 Å². The van der Waals surface area contributed by atoms with E-state index in [4.69, 9.17) is 0 Å². The molecule has 21 heavy (non-hydrogen) atoms. The van der Waals surface area contributed by atoms with Crippen LogP contribution >= 0.6 is 15.9 Å². The van der Waals surface area contributed by atoms with Gasteiger partial charge in [0.15, 0.2) is 0 Å². The molecule has 2 heterocycles. The molecule has 4 nitrogen and oxygen atoms in total. The van der Waals surface area contributed by atoms with Crippen LogP contribution in [0.25, 0.3) is 0 Å². The molecule has 0 spiro atoms. The SMILES string of the molecule is CCc1nn(CC)c(CC(=O)C2(CC)CCNCC2)c1Br. The standard InChI is InChI=1S/C16H26BrN3O/c1-4-12-15(17)13(20(6-3)19-12)11-14(21)16(5-2)7-9-18-10-8-16/h18H,4-11H2,1-3H3. The van der Waals surface area contributed by atoms with E-state index < -0.39 is 0 Å². The third-order valence-corrected chi connectivity index (χ3v) is 5.77. The minimum atomic E-state index is -0.139. The van der Waals surface area contributed by atoms with Crippen LogP contribution in [-0.4, -0.2) is 28.7 Å². The zero-order valence-corrected chi connectivity index (χ0v) is 14.9. The first-order valence-electron chi connectivity index (χ1n) is 8.06. The van der Waals surface area contributed by atoms with E-state index in [-0.39, 0.29) is 5.41 Å². The lowest BCUT2D eigenvalue weighted by molar-refractivity contribution is -0.130. The molecule has 0 amide bonds. The third kappa shape index (κ3) is 3.24. The topological polar surface area (TPSA) is 46.9 Å². The van der Waals surface area contributed by atoms with Gasteiger partial charge in [-0.15, -0.1) is 0 Å². The molecule has 0 atom stereocenters. The summed E-state index contributed by atoms with van der Waals surface area (Å²) in [6, 6.07) is 0. The number of nitrogens with zero attached hydrogens (tertiary/aromatic N) is 2. The molecule has 0 bridgehead atoms. The maximum absolute atomic E-state index is 12.9. The summed E-state index contributed by atoms with van der Waals surface area (Å²) in [4.78, 5) is 12.9. The lowest BCUT2D eigenvalue weighted by Crippen LogP contribution is -2.42. The average molecular weight is 356 g/mol. The molecule has 1 aromatic heterocycles. The molecule has 2 rings (SSSR count). The van der Waals surface area contributed by atoms with Gasteiger partial charge in [0.1, 0.15) is 5.78 Å². The van der Waals surface area contributed by atoms with Gasteiger partial charge in [-0.2, -0.15) is 5.10 Å². The Labute approximate surface area is 135 Å². The summed E-state index contributed by atoms with van der Waals surface area (Å²) >= 11 is 3.65. The van der Waals surface area contributed by atoms with Crippen molar-refractivity contribution in [3.05, 3.63) is 15.9 Å². The van der Waals surface area contributed by atoms with E-state index in [2.05, 4.69) is 47.1 Å². The van der Waals surface area contributed by atoms with Gasteiger partial charge in [0.2, 0.25) is 0 Å². The molecule has 1 aromatic rings. The van der Waals surface area contributed by atoms with Crippen molar-refractivity contribution in [1.82, 2.24) is 15.1 Å². The van der Waals surface area contributed by atoms with Crippen LogP contribution in [0.2, 0.25) is 0 Å². The van der Waals surface area contributed by atoms with E-state index in [9.17, 15) is 4.79 Å². The molecule has 1 aliphatic rings. The van der Waals surface area contributed by atoms with Gasteiger partial charge >= 0.3 is 0 Å². The second-order valence-electron chi connectivity index (χ2n) is 5.86. The summed E-state index contributed by atoms with van der Waals surface area (Å²) in [5.41, 5.74) is 1.96. The number of ketones is 1. The fourth-order valence-corrected chi connectivity index (χ4v) is 3.97. The molecule has 118 valence electrons. The maximum atomic E-state index is 12.9. The van der Waals surface area contributed by atoms with Crippen molar-refractivity contribution in [2.75, 3.05) is 13.1 Å². The van der Waals surface area contributed by atoms with Crippen molar-refractivity contribution in [3.8, 4) is 0 Å². The molecule has 0 unspecified atom stereocenters. The highest BCUT2D eigenvalue weighted by atomic mass is 79.9. The largest absolute Gasteiger partial charge is 0.317 e. The number of hydrogen-bond donors (Lipinski definition) is 1. The van der Waals surface area contributed by atoms with E-state index in [0.29, 0.717) is 12.2 Å². The van der Waals surface area contributed by atoms with Crippen molar-refractivity contribution in [2.45, 2.75) is 59.4 Å². The predicted molar refractivity (Wildman–Crippen MR) is 88.5 cm³/mol. The highest BCUT2D eigenvalue weighted by Crippen LogP contribution is 2.35. The Balaban J connectivity index is 2.24. The monoisotopic (exact) mass is 355 g/mol. The molecule has 0 radical (unpaired) electrons. The van der Waals surface area contributed by atoms with E-state index in [1.54, 1.807) is 0 Å². The van der Waals surface area contributed by atoms with E-state index in [1.807, 2.05) is 4.68 Å². The Kier molecular flexibility index (Phi) is 5.60. The Bertz CT molecular complexity index is 504. The van der Waals surface area contributed by atoms with Crippen LogP contribution < -0.4 is 5.32 Å². The number of hydrogen-bond acceptors (Lipinski definition) is 3. The molecule has 1 fully saturated rings. The maximum Gasteiger partial charge on any atom is 0.145 e. The lowest BCUT2D eigenvalue weighted by atomic mass is 9.72. The van der Waals surface area contributed by atoms with Gasteiger partial charge in [0.05, 0.1) is 22.3 Å². The summed E-state index contributed by atoms with van der Waals surface area (Å²) in [7, 11) is 0. The second kappa shape index (κ2) is 7.05. The van der Waals surface area contributed by atoms with Crippen molar-refractivity contribution in [3.63, 3.8) is 0 Å². The third-order valence-electron chi connectivity index (χ3n) is 4.85. The fourth-order valence-electron chi connectivity index (χ4n) is 3.26. The Morgan fingerprint density at radius 1 is 1.33 bits per heavy atom. The van der Waals surface area contributed by atoms with Crippen molar-refractivity contribution in [2.24, 2.45) is 5.41 Å². The Morgan fingerprint density at radius 3 is 2.52 bits per heavy atom. The molecule has 0 aliphatic carbocycles. The number of rotatable bonds is 6. The minimum absolute atomic E-state index is 0.139. The normalized spacial score (nSPS) is 17.9. The number of carbonyl (C=O) groups is 1. The van der Waals surface area contributed by atoms with E-state index in [0.717, 1.165) is 61.2 Å². The van der Waals surface area contributed by atoms with Crippen LogP contribution in [0.1, 0.15) is 51.4 Å². The summed E-state index contributed by atoms with van der Waals surface area (Å²) < 4.78 is 3.01. The molecule has 1 aliphatic heterocycles. The second-order valence-corrected chi connectivity index (χ2v) is 6.65. The Hall–Kier alpha value is -0.680. The first-order valence-corrected chi connectivity index (χ1v) is 8.85. The smallest absolute Gasteiger partial charge is 0.145 e. The quantitative estimate of drug-likeness (QED) is 0.852. The highest BCUT2D eigenvalue weighted by Gasteiger charge is 2.38. The molecular formula is C16H26BrN3O. The zero-order valence-electron chi connectivity index (χ0n) is 13.3. The van der Waals surface area contributed by atoms with Crippen molar-refractivity contribution < 1.29 is 4.79 Å². The van der Waals surface area contributed by atoms with Gasteiger partial charge in [-0.1, -0.05) is 13.8 Å². The van der Waals surface area contributed by atoms with Gasteiger partial charge in [0, 0.05) is 12.0 Å². The van der Waals surface area contributed by atoms with E-state index >= 15 is 0 Å². The zero-order chi connectivity index (χ0) is 15.5. The van der Waals surface area contributed by atoms with Crippen molar-refractivity contribution >= 4 is 21.7 Å². The van der Waals surface area contributed by atoms with Crippen molar-refractivity contribution in [1.29, 1.82) is 0 Å². The fraction of sp³-hybridized carbons (Fsp3) is 0.750. The number of piperidine rings is 1. The van der Waals surface area contributed by atoms with Crippen LogP contribution in [0, 0.1) is 5.41 Å². The van der Waals surface area contributed by atoms with Gasteiger partial charge in [0.25, 0.3) is 0 Å². The first kappa shape index (κ1) is 16.7. The number of aromatic nitrogens is 2. The number of carbonyl (C=O) groups excluding carboxylic acids is 1. The minimum Gasteiger partial charge on any atom is -0.317 e. The number of halogens is 1. The number of aryl methyl sites for hydroxylation is 2. The summed E-state index contributed by atoms with van der Waals surface area (Å²) in [6.07, 6.45) is 4.24. The van der Waals surface area contributed by atoms with Gasteiger partial charge in [-0.05, 0) is 61.6 Å². The van der Waals surface area contributed by atoms with Crippen LogP contribution in [-0.2, 0) is 24.2 Å². The molecular weight excluding hydrogens is 330 g/mol. The van der Waals surface area contributed by atoms with Crippen LogP contribution in [0.4, 0.5) is 0 Å². The van der Waals surface area contributed by atoms with Crippen LogP contribution in [0.5, 0.6) is 0 Å². The Morgan fingerprint density at radius 2 is 2.00 bits per heavy atom. The first-order chi connectivity index (χ1) is 10.1. The summed E-state index contributed by atoms with van der Waals surface area (Å²) in [5.74, 6) is 0.379. The molecule has 0 aromatic carbocycles. The van der Waals surface area contributed by atoms with Gasteiger partial charge in [-0.3, -0.25) is 9.48 Å². The molecule has 0 saturated carbocycles. The number of Topliss-reactive ketones (excluding diaryl/α,β-unsaturated/α-hetero) is 1. The lowest BCUT2D eigenvalue weighted by Gasteiger charge is -2.35. The highest BCUT2D eigenvalue weighted by molar-refractivity contribution is 9.10. The number of nitrogens with one attached hydrogen (secondary N) is 1. The molecule has 5 heteroatoms. The summed E-state index contributed by atoms with van der Waals surface area (Å²) in [5, 5.41) is 7.96. The van der Waals surface area contributed by atoms with Crippen LogP contribution in [0.3, 0.4) is 0 Å².